The molecule has 2 heterocycles. The predicted molar refractivity (Wildman–Crippen MR) is 126 cm³/mol. The van der Waals surface area contributed by atoms with Crippen molar-refractivity contribution in [1.82, 2.24) is 10.3 Å². The van der Waals surface area contributed by atoms with Gasteiger partial charge in [0.25, 0.3) is 12.3 Å². The number of amides is 1. The molecule has 1 fully saturated rings. The summed E-state index contributed by atoms with van der Waals surface area (Å²) in [5, 5.41) is 12.3. The van der Waals surface area contributed by atoms with Crippen LogP contribution in [0.3, 0.4) is 0 Å². The summed E-state index contributed by atoms with van der Waals surface area (Å²) >= 11 is 0. The minimum absolute atomic E-state index is 0.0869. The van der Waals surface area contributed by atoms with Crippen LogP contribution in [-0.4, -0.2) is 37.2 Å². The Bertz CT molecular complexity index is 1170. The second-order valence-corrected chi connectivity index (χ2v) is 7.59. The highest BCUT2D eigenvalue weighted by Gasteiger charge is 2.18. The molecule has 176 valence electrons. The summed E-state index contributed by atoms with van der Waals surface area (Å²) in [5.41, 5.74) is 8.20. The number of carbonyl (C=O) groups excluding carboxylic acids is 1. The van der Waals surface area contributed by atoms with E-state index in [2.05, 4.69) is 22.9 Å². The normalized spacial score (nSPS) is 14.9. The van der Waals surface area contributed by atoms with Crippen molar-refractivity contribution in [3.63, 3.8) is 0 Å². The van der Waals surface area contributed by atoms with Gasteiger partial charge in [-0.3, -0.25) is 4.79 Å². The van der Waals surface area contributed by atoms with Gasteiger partial charge in [-0.2, -0.15) is 5.26 Å². The van der Waals surface area contributed by atoms with E-state index < -0.39 is 12.3 Å². The largest absolute Gasteiger partial charge is 0.402 e. The molecular weight excluding hydrogens is 440 g/mol. The van der Waals surface area contributed by atoms with Crippen molar-refractivity contribution in [3.05, 3.63) is 88.9 Å². The summed E-state index contributed by atoms with van der Waals surface area (Å²) in [6, 6.07) is 9.11. The number of rotatable bonds is 7. The lowest BCUT2D eigenvalue weighted by atomic mass is 10.0. The third-order valence-corrected chi connectivity index (χ3v) is 5.21. The standard InChI is InChI=1S/C25H25F2N5O2/c1-3-21(31-25(33)18-6-4-5-17(11-18)23(26)27)13-22(16(2)29)20-12-19(14-28)24(30-15-20)32-7-9-34-10-8-32/h3-6,11-13,15,23H,1,7-10,29H2,2H3,(H,31,33)/b21-13+,22-16+. The van der Waals surface area contributed by atoms with E-state index in [0.29, 0.717) is 60.2 Å². The molecule has 0 spiro atoms. The zero-order chi connectivity index (χ0) is 24.7. The van der Waals surface area contributed by atoms with Crippen molar-refractivity contribution < 1.29 is 18.3 Å². The minimum Gasteiger partial charge on any atom is -0.402 e. The molecule has 34 heavy (non-hydrogen) atoms. The van der Waals surface area contributed by atoms with E-state index in [4.69, 9.17) is 10.5 Å². The summed E-state index contributed by atoms with van der Waals surface area (Å²) in [6.45, 7) is 7.80. The van der Waals surface area contributed by atoms with E-state index in [0.717, 1.165) is 6.07 Å². The summed E-state index contributed by atoms with van der Waals surface area (Å²) < 4.78 is 31.3. The molecule has 1 amide bonds. The van der Waals surface area contributed by atoms with Gasteiger partial charge >= 0.3 is 0 Å². The predicted octanol–water partition coefficient (Wildman–Crippen LogP) is 3.92. The van der Waals surface area contributed by atoms with Crippen LogP contribution in [0.1, 0.15) is 40.4 Å². The number of anilines is 1. The lowest BCUT2D eigenvalue weighted by Gasteiger charge is -2.28. The van der Waals surface area contributed by atoms with Gasteiger partial charge in [-0.25, -0.2) is 13.8 Å². The van der Waals surface area contributed by atoms with Crippen LogP contribution in [0.4, 0.5) is 14.6 Å². The molecule has 1 aromatic carbocycles. The van der Waals surface area contributed by atoms with Crippen molar-refractivity contribution in [1.29, 1.82) is 5.26 Å². The fourth-order valence-electron chi connectivity index (χ4n) is 3.46. The van der Waals surface area contributed by atoms with Gasteiger partial charge in [-0.1, -0.05) is 18.7 Å². The maximum Gasteiger partial charge on any atom is 0.263 e. The van der Waals surface area contributed by atoms with Crippen molar-refractivity contribution in [2.45, 2.75) is 13.3 Å². The van der Waals surface area contributed by atoms with Crippen molar-refractivity contribution in [2.24, 2.45) is 5.73 Å². The Hall–Kier alpha value is -4.03. The number of allylic oxidation sites excluding steroid dienone is 4. The number of benzene rings is 1. The number of alkyl halides is 2. The molecule has 9 heteroatoms. The smallest absolute Gasteiger partial charge is 0.263 e. The van der Waals surface area contributed by atoms with E-state index in [1.54, 1.807) is 25.3 Å². The van der Waals surface area contributed by atoms with Gasteiger partial charge < -0.3 is 20.7 Å². The maximum absolute atomic E-state index is 13.0. The molecule has 3 rings (SSSR count). The number of nitrogens with zero attached hydrogens (tertiary/aromatic N) is 3. The Balaban J connectivity index is 1.89. The molecule has 1 aromatic heterocycles. The Morgan fingerprint density at radius 3 is 2.68 bits per heavy atom. The van der Waals surface area contributed by atoms with Gasteiger partial charge in [-0.15, -0.1) is 0 Å². The first-order chi connectivity index (χ1) is 16.3. The number of nitrogens with one attached hydrogen (secondary N) is 1. The SMILES string of the molecule is C=C/C(=C\C(=C(\C)N)c1cnc(N2CCOCC2)c(C#N)c1)NC(=O)c1cccc(C(F)F)c1. The Morgan fingerprint density at radius 1 is 1.32 bits per heavy atom. The molecule has 1 saturated heterocycles. The molecular formula is C25H25F2N5O2. The number of carbonyl (C=O) groups is 1. The Labute approximate surface area is 196 Å². The van der Waals surface area contributed by atoms with Gasteiger partial charge in [0, 0.05) is 52.9 Å². The number of nitrogens with two attached hydrogens (primary N) is 1. The summed E-state index contributed by atoms with van der Waals surface area (Å²) in [4.78, 5) is 19.1. The molecule has 0 unspecified atom stereocenters. The van der Waals surface area contributed by atoms with Crippen molar-refractivity contribution in [3.8, 4) is 6.07 Å². The number of hydrogen-bond acceptors (Lipinski definition) is 6. The van der Waals surface area contributed by atoms with Crippen LogP contribution >= 0.6 is 0 Å². The average molecular weight is 466 g/mol. The number of nitriles is 1. The molecule has 0 atom stereocenters. The average Bonchev–Trinajstić information content (AvgIpc) is 2.86. The first-order valence-electron chi connectivity index (χ1n) is 10.6. The lowest BCUT2D eigenvalue weighted by Crippen LogP contribution is -2.37. The summed E-state index contributed by atoms with van der Waals surface area (Å²) in [7, 11) is 0. The van der Waals surface area contributed by atoms with Gasteiger partial charge in [0.05, 0.1) is 18.8 Å². The third-order valence-electron chi connectivity index (χ3n) is 5.21. The monoisotopic (exact) mass is 465 g/mol. The molecule has 0 saturated carbocycles. The molecule has 1 aliphatic rings. The van der Waals surface area contributed by atoms with Crippen LogP contribution in [0, 0.1) is 11.3 Å². The van der Waals surface area contributed by atoms with Crippen LogP contribution in [0.5, 0.6) is 0 Å². The van der Waals surface area contributed by atoms with Gasteiger partial charge in [0.2, 0.25) is 0 Å². The lowest BCUT2D eigenvalue weighted by molar-refractivity contribution is 0.0966. The van der Waals surface area contributed by atoms with Gasteiger partial charge in [-0.05, 0) is 37.3 Å². The molecule has 0 bridgehead atoms. The highest BCUT2D eigenvalue weighted by Crippen LogP contribution is 2.26. The third kappa shape index (κ3) is 5.85. The van der Waals surface area contributed by atoms with Crippen molar-refractivity contribution in [2.75, 3.05) is 31.2 Å². The van der Waals surface area contributed by atoms with Crippen LogP contribution < -0.4 is 16.0 Å². The quantitative estimate of drug-likeness (QED) is 0.601. The van der Waals surface area contributed by atoms with E-state index in [-0.39, 0.29) is 11.1 Å². The molecule has 2 aromatic rings. The molecule has 3 N–H and O–H groups in total. The summed E-state index contributed by atoms with van der Waals surface area (Å²) in [6.07, 6.45) is 1.95. The van der Waals surface area contributed by atoms with Crippen LogP contribution in [0.25, 0.3) is 5.57 Å². The molecule has 0 aliphatic carbocycles. The molecule has 0 radical (unpaired) electrons. The Kier molecular flexibility index (Phi) is 8.11. The van der Waals surface area contributed by atoms with E-state index in [1.165, 1.54) is 24.3 Å². The highest BCUT2D eigenvalue weighted by molar-refractivity contribution is 5.96. The van der Waals surface area contributed by atoms with E-state index in [1.807, 2.05) is 4.90 Å². The maximum atomic E-state index is 13.0. The number of pyridine rings is 1. The number of aromatic nitrogens is 1. The zero-order valence-corrected chi connectivity index (χ0v) is 18.7. The van der Waals surface area contributed by atoms with Crippen molar-refractivity contribution >= 4 is 17.3 Å². The molecule has 7 nitrogen and oxygen atoms in total. The first-order valence-corrected chi connectivity index (χ1v) is 10.6. The number of halogens is 2. The second kappa shape index (κ2) is 11.2. The zero-order valence-electron chi connectivity index (χ0n) is 18.7. The van der Waals surface area contributed by atoms with Gasteiger partial charge in [0.1, 0.15) is 11.9 Å². The minimum atomic E-state index is -2.68. The highest BCUT2D eigenvalue weighted by atomic mass is 19.3. The number of morpholine rings is 1. The molecule has 1 aliphatic heterocycles. The van der Waals surface area contributed by atoms with E-state index >= 15 is 0 Å². The fourth-order valence-corrected chi connectivity index (χ4v) is 3.46. The fraction of sp³-hybridized carbons (Fsp3) is 0.240. The summed E-state index contributed by atoms with van der Waals surface area (Å²) in [5.74, 6) is 0.00453. The first kappa shape index (κ1) is 24.6. The number of hydrogen-bond donors (Lipinski definition) is 2. The van der Waals surface area contributed by atoms with Gasteiger partial charge in [0.15, 0.2) is 0 Å². The van der Waals surface area contributed by atoms with E-state index in [9.17, 15) is 18.8 Å². The van der Waals surface area contributed by atoms with Crippen LogP contribution in [0.15, 0.2) is 66.7 Å². The Morgan fingerprint density at radius 2 is 2.06 bits per heavy atom. The van der Waals surface area contributed by atoms with Crippen LogP contribution in [-0.2, 0) is 4.74 Å². The number of ether oxygens (including phenoxy) is 1. The second-order valence-electron chi connectivity index (χ2n) is 7.59. The topological polar surface area (TPSA) is 104 Å². The van der Waals surface area contributed by atoms with Crippen LogP contribution in [0.2, 0.25) is 0 Å².